The maximum absolute atomic E-state index is 14.0. The predicted octanol–water partition coefficient (Wildman–Crippen LogP) is 3.60. The van der Waals surface area contributed by atoms with E-state index in [2.05, 4.69) is 5.32 Å². The Kier molecular flexibility index (Phi) is 4.67. The van der Waals surface area contributed by atoms with Crippen LogP contribution in [0.2, 0.25) is 0 Å². The molecule has 4 aliphatic rings. The lowest BCUT2D eigenvalue weighted by Crippen LogP contribution is -2.61. The summed E-state index contributed by atoms with van der Waals surface area (Å²) in [7, 11) is 0. The van der Waals surface area contributed by atoms with E-state index in [1.807, 2.05) is 6.07 Å². The Labute approximate surface area is 179 Å². The highest BCUT2D eigenvalue weighted by atomic mass is 19.1. The van der Waals surface area contributed by atoms with Gasteiger partial charge in [-0.3, -0.25) is 9.59 Å². The molecule has 0 aliphatic heterocycles. The van der Waals surface area contributed by atoms with Gasteiger partial charge in [0.25, 0.3) is 5.91 Å². The van der Waals surface area contributed by atoms with Gasteiger partial charge in [-0.1, -0.05) is 18.2 Å². The van der Waals surface area contributed by atoms with Crippen LogP contribution >= 0.6 is 0 Å². The topological polar surface area (TPSA) is 90.2 Å². The van der Waals surface area contributed by atoms with Gasteiger partial charge in [-0.25, -0.2) is 4.39 Å². The van der Waals surface area contributed by atoms with Crippen molar-refractivity contribution < 1.29 is 19.1 Å². The predicted molar refractivity (Wildman–Crippen MR) is 111 cm³/mol. The molecule has 0 aromatic heterocycles. The lowest BCUT2D eigenvalue weighted by Gasteiger charge is -2.58. The molecule has 2 unspecified atom stereocenters. The standard InChI is InChI=1S/C25H23FN2O3/c26-21-4-2-1-3-20(21)23(29)15-5-6-19(18(9-15)13-27)24(30)28-22-16-7-14-8-17(22)12-25(31,10-14)11-16/h1-6,9,14,16-17,22,31H,7-8,10-12H2,(H,28,30)/t14?,16?,17?,22-,25-. The van der Waals surface area contributed by atoms with E-state index in [4.69, 9.17) is 0 Å². The van der Waals surface area contributed by atoms with Gasteiger partial charge in [0.05, 0.1) is 28.4 Å². The number of carbonyl (C=O) groups excluding carboxylic acids is 2. The van der Waals surface area contributed by atoms with Crippen LogP contribution in [0.1, 0.15) is 63.9 Å². The Balaban J connectivity index is 1.37. The van der Waals surface area contributed by atoms with Crippen molar-refractivity contribution in [2.45, 2.75) is 43.7 Å². The molecule has 4 aliphatic carbocycles. The Morgan fingerprint density at radius 1 is 1.06 bits per heavy atom. The summed E-state index contributed by atoms with van der Waals surface area (Å²) in [5.41, 5.74) is -0.197. The highest BCUT2D eigenvalue weighted by Gasteiger charge is 2.55. The summed E-state index contributed by atoms with van der Waals surface area (Å²) in [5.74, 6) is -0.451. The molecule has 4 fully saturated rings. The van der Waals surface area contributed by atoms with E-state index < -0.39 is 17.2 Å². The van der Waals surface area contributed by atoms with Crippen LogP contribution in [-0.2, 0) is 0 Å². The van der Waals surface area contributed by atoms with E-state index >= 15 is 0 Å². The molecule has 0 radical (unpaired) electrons. The first-order valence-electron chi connectivity index (χ1n) is 10.7. The molecule has 2 aromatic rings. The third-order valence-corrected chi connectivity index (χ3v) is 7.30. The minimum Gasteiger partial charge on any atom is -0.390 e. The average molecular weight is 418 g/mol. The molecule has 0 spiro atoms. The van der Waals surface area contributed by atoms with E-state index in [1.54, 1.807) is 6.07 Å². The van der Waals surface area contributed by atoms with E-state index in [9.17, 15) is 24.3 Å². The fourth-order valence-electron chi connectivity index (χ4n) is 6.22. The summed E-state index contributed by atoms with van der Waals surface area (Å²) in [5, 5.41) is 23.4. The van der Waals surface area contributed by atoms with Crippen LogP contribution in [0.25, 0.3) is 0 Å². The summed E-state index contributed by atoms with van der Waals surface area (Å²) in [6, 6.07) is 12.0. The number of rotatable bonds is 4. The van der Waals surface area contributed by atoms with Crippen molar-refractivity contribution >= 4 is 11.7 Å². The number of carbonyl (C=O) groups is 2. The van der Waals surface area contributed by atoms with Crippen LogP contribution in [-0.4, -0.2) is 28.4 Å². The fourth-order valence-corrected chi connectivity index (χ4v) is 6.22. The van der Waals surface area contributed by atoms with Crippen molar-refractivity contribution in [2.75, 3.05) is 0 Å². The van der Waals surface area contributed by atoms with E-state index in [0.717, 1.165) is 19.3 Å². The lowest BCUT2D eigenvalue weighted by atomic mass is 9.52. The first kappa shape index (κ1) is 19.9. The fraction of sp³-hybridized carbons (Fsp3) is 0.400. The number of halogens is 1. The van der Waals surface area contributed by atoms with Gasteiger partial charge >= 0.3 is 0 Å². The number of amides is 1. The minimum absolute atomic E-state index is 0.00408. The monoisotopic (exact) mass is 418 g/mol. The van der Waals surface area contributed by atoms with Gasteiger partial charge in [-0.15, -0.1) is 0 Å². The number of benzene rings is 2. The molecule has 6 heteroatoms. The third kappa shape index (κ3) is 3.43. The van der Waals surface area contributed by atoms with Crippen molar-refractivity contribution in [3.05, 3.63) is 70.5 Å². The SMILES string of the molecule is N#Cc1cc(C(=O)c2ccccc2F)ccc1C(=O)N[C@H]1C2CC3CC1C[C@](O)(C3)C2. The average Bonchev–Trinajstić information content (AvgIpc) is 2.74. The maximum Gasteiger partial charge on any atom is 0.252 e. The van der Waals surface area contributed by atoms with Crippen LogP contribution in [0.4, 0.5) is 4.39 Å². The second-order valence-electron chi connectivity index (χ2n) is 9.37. The summed E-state index contributed by atoms with van der Waals surface area (Å²) < 4.78 is 14.0. The van der Waals surface area contributed by atoms with Gasteiger partial charge in [0.2, 0.25) is 0 Å². The highest BCUT2D eigenvalue weighted by Crippen LogP contribution is 2.55. The zero-order chi connectivity index (χ0) is 21.8. The van der Waals surface area contributed by atoms with Crippen LogP contribution in [0.15, 0.2) is 42.5 Å². The molecule has 4 bridgehead atoms. The Bertz CT molecular complexity index is 1110. The van der Waals surface area contributed by atoms with Crippen LogP contribution in [0, 0.1) is 34.9 Å². The molecule has 4 saturated carbocycles. The summed E-state index contributed by atoms with van der Waals surface area (Å²) in [6.07, 6.45) is 4.34. The quantitative estimate of drug-likeness (QED) is 0.743. The van der Waals surface area contributed by atoms with E-state index in [1.165, 1.54) is 36.4 Å². The Morgan fingerprint density at radius 3 is 2.42 bits per heavy atom. The van der Waals surface area contributed by atoms with Crippen LogP contribution in [0.5, 0.6) is 0 Å². The van der Waals surface area contributed by atoms with Gasteiger partial charge in [-0.2, -0.15) is 5.26 Å². The molecule has 0 heterocycles. The largest absolute Gasteiger partial charge is 0.390 e. The molecule has 2 aromatic carbocycles. The summed E-state index contributed by atoms with van der Waals surface area (Å²) >= 11 is 0. The van der Waals surface area contributed by atoms with Crippen LogP contribution in [0.3, 0.4) is 0 Å². The zero-order valence-electron chi connectivity index (χ0n) is 17.0. The number of hydrogen-bond acceptors (Lipinski definition) is 4. The lowest BCUT2D eigenvalue weighted by molar-refractivity contribution is -0.136. The molecule has 31 heavy (non-hydrogen) atoms. The first-order chi connectivity index (χ1) is 14.9. The molecule has 6 rings (SSSR count). The van der Waals surface area contributed by atoms with Crippen molar-refractivity contribution in [3.63, 3.8) is 0 Å². The normalized spacial score (nSPS) is 30.6. The molecule has 5 nitrogen and oxygen atoms in total. The second-order valence-corrected chi connectivity index (χ2v) is 9.37. The van der Waals surface area contributed by atoms with Crippen LogP contribution < -0.4 is 5.32 Å². The van der Waals surface area contributed by atoms with E-state index in [0.29, 0.717) is 18.8 Å². The molecule has 1 amide bonds. The first-order valence-corrected chi connectivity index (χ1v) is 10.7. The van der Waals surface area contributed by atoms with Crippen molar-refractivity contribution in [2.24, 2.45) is 17.8 Å². The number of aliphatic hydroxyl groups is 1. The van der Waals surface area contributed by atoms with Crippen molar-refractivity contribution in [1.29, 1.82) is 5.26 Å². The third-order valence-electron chi connectivity index (χ3n) is 7.30. The number of nitriles is 1. The van der Waals surface area contributed by atoms with Gasteiger partial charge in [0, 0.05) is 11.6 Å². The molecular formula is C25H23FN2O3. The van der Waals surface area contributed by atoms with Gasteiger partial charge in [0.1, 0.15) is 5.82 Å². The summed E-state index contributed by atoms with van der Waals surface area (Å²) in [6.45, 7) is 0. The molecule has 158 valence electrons. The van der Waals surface area contributed by atoms with Crippen molar-refractivity contribution in [1.82, 2.24) is 5.32 Å². The Morgan fingerprint density at radius 2 is 1.77 bits per heavy atom. The van der Waals surface area contributed by atoms with E-state index in [-0.39, 0.29) is 46.0 Å². The number of ketones is 1. The maximum atomic E-state index is 14.0. The Hall–Kier alpha value is -3.04. The van der Waals surface area contributed by atoms with Gasteiger partial charge in [-0.05, 0) is 74.1 Å². The number of nitrogens with one attached hydrogen (secondary N) is 1. The minimum atomic E-state index is -0.628. The van der Waals surface area contributed by atoms with Crippen molar-refractivity contribution in [3.8, 4) is 6.07 Å². The summed E-state index contributed by atoms with van der Waals surface area (Å²) in [4.78, 5) is 25.7. The molecule has 2 atom stereocenters. The van der Waals surface area contributed by atoms with Gasteiger partial charge < -0.3 is 10.4 Å². The zero-order valence-corrected chi connectivity index (χ0v) is 17.0. The molecular weight excluding hydrogens is 395 g/mol. The van der Waals surface area contributed by atoms with Gasteiger partial charge in [0.15, 0.2) is 5.78 Å². The molecule has 0 saturated heterocycles. The highest BCUT2D eigenvalue weighted by molar-refractivity contribution is 6.10. The smallest absolute Gasteiger partial charge is 0.252 e. The number of hydrogen-bond donors (Lipinski definition) is 2. The molecule has 2 N–H and O–H groups in total. The number of nitrogens with zero attached hydrogens (tertiary/aromatic N) is 1. The second kappa shape index (κ2) is 7.28.